The summed E-state index contributed by atoms with van der Waals surface area (Å²) < 4.78 is 47.6. The minimum atomic E-state index is -3.45. The highest BCUT2D eigenvalue weighted by Gasteiger charge is 2.57. The van der Waals surface area contributed by atoms with Gasteiger partial charge in [0.05, 0.1) is 24.4 Å². The monoisotopic (exact) mass is 816 g/mol. The molecule has 0 aromatic carbocycles. The summed E-state index contributed by atoms with van der Waals surface area (Å²) in [7, 11) is 0. The van der Waals surface area contributed by atoms with E-state index in [1.165, 1.54) is 19.3 Å². The second-order valence-electron chi connectivity index (χ2n) is 26.7. The Bertz CT molecular complexity index is 1100. The van der Waals surface area contributed by atoms with Crippen LogP contribution in [-0.2, 0) is 18.9 Å². The number of ether oxygens (including phenoxy) is 4. The molecule has 57 heavy (non-hydrogen) atoms. The Morgan fingerprint density at radius 1 is 0.439 bits per heavy atom. The Morgan fingerprint density at radius 3 is 0.947 bits per heavy atom. The Morgan fingerprint density at radius 2 is 0.719 bits per heavy atom. The summed E-state index contributed by atoms with van der Waals surface area (Å²) in [6.07, 6.45) is 2.21. The van der Waals surface area contributed by atoms with E-state index in [0.717, 1.165) is 18.4 Å². The van der Waals surface area contributed by atoms with E-state index in [9.17, 15) is 8.78 Å². The second kappa shape index (κ2) is 18.8. The maximum absolute atomic E-state index is 13.1. The average Bonchev–Trinajstić information content (AvgIpc) is 3.70. The number of nitrogens with zero attached hydrogens (tertiary/aromatic N) is 1. The molecular weight excluding hydrogens is 717 g/mol. The van der Waals surface area contributed by atoms with Gasteiger partial charge in [-0.15, -0.1) is 8.78 Å². The fourth-order valence-corrected chi connectivity index (χ4v) is 8.91. The zero-order valence-corrected chi connectivity index (χ0v) is 41.9. The van der Waals surface area contributed by atoms with Gasteiger partial charge in [0.25, 0.3) is 0 Å². The molecule has 8 atom stereocenters. The van der Waals surface area contributed by atoms with Crippen LogP contribution in [0, 0.1) is 67.0 Å². The summed E-state index contributed by atoms with van der Waals surface area (Å²) >= 11 is 0. The van der Waals surface area contributed by atoms with Crippen LogP contribution in [0.25, 0.3) is 0 Å². The van der Waals surface area contributed by atoms with Crippen LogP contribution in [0.2, 0.25) is 0 Å². The molecule has 3 fully saturated rings. The third kappa shape index (κ3) is 17.3. The maximum atomic E-state index is 13.1. The van der Waals surface area contributed by atoms with Gasteiger partial charge in [-0.3, -0.25) is 14.5 Å². The van der Waals surface area contributed by atoms with Crippen LogP contribution < -0.4 is 0 Å². The van der Waals surface area contributed by atoms with Crippen LogP contribution in [0.5, 0.6) is 0 Å². The maximum Gasteiger partial charge on any atom is 0.486 e. The molecule has 2 saturated heterocycles. The first-order valence-corrected chi connectivity index (χ1v) is 21.9. The highest BCUT2D eigenvalue weighted by molar-refractivity contribution is 5.64. The molecular formula is C50H99F2NO4. The van der Waals surface area contributed by atoms with Crippen molar-refractivity contribution in [3.05, 3.63) is 0 Å². The molecule has 0 spiro atoms. The van der Waals surface area contributed by atoms with Crippen LogP contribution in [-0.4, -0.2) is 49.3 Å². The number of rotatable bonds is 0. The lowest BCUT2D eigenvalue weighted by atomic mass is 9.66. The first kappa shape index (κ1) is 56.4. The summed E-state index contributed by atoms with van der Waals surface area (Å²) in [5.41, 5.74) is 1.27. The lowest BCUT2D eigenvalue weighted by molar-refractivity contribution is -0.357. The molecule has 0 N–H and O–H groups in total. The number of hydrogen-bond donors (Lipinski definition) is 0. The average molecular weight is 816 g/mol. The van der Waals surface area contributed by atoms with E-state index in [1.807, 2.05) is 55.4 Å². The van der Waals surface area contributed by atoms with Crippen LogP contribution in [0.4, 0.5) is 8.78 Å². The molecule has 0 amide bonds. The molecule has 0 aromatic heterocycles. The molecule has 0 aromatic rings. The molecule has 0 radical (unpaired) electrons. The molecule has 4 rings (SSSR count). The summed E-state index contributed by atoms with van der Waals surface area (Å²) in [5, 5.41) is 0. The highest BCUT2D eigenvalue weighted by atomic mass is 19.3. The van der Waals surface area contributed by atoms with Crippen molar-refractivity contribution in [3.63, 3.8) is 0 Å². The van der Waals surface area contributed by atoms with Gasteiger partial charge >= 0.3 is 6.29 Å². The van der Waals surface area contributed by atoms with Crippen molar-refractivity contribution < 1.29 is 27.7 Å². The molecule has 1 saturated carbocycles. The van der Waals surface area contributed by atoms with Gasteiger partial charge in [0.1, 0.15) is 0 Å². The van der Waals surface area contributed by atoms with Crippen molar-refractivity contribution >= 4 is 6.21 Å². The lowest BCUT2D eigenvalue weighted by Crippen LogP contribution is -2.42. The van der Waals surface area contributed by atoms with Crippen LogP contribution in [0.1, 0.15) is 207 Å². The summed E-state index contributed by atoms with van der Waals surface area (Å²) in [6.45, 7) is 57.9. The largest absolute Gasteiger partial charge is 0.486 e. The Kier molecular flexibility index (Phi) is 18.6. The Balaban J connectivity index is 0.000000731. The van der Waals surface area contributed by atoms with Crippen LogP contribution in [0.15, 0.2) is 4.99 Å². The van der Waals surface area contributed by atoms with Crippen molar-refractivity contribution in [1.29, 1.82) is 0 Å². The first-order valence-electron chi connectivity index (χ1n) is 21.9. The quantitative estimate of drug-likeness (QED) is 0.244. The third-order valence-electron chi connectivity index (χ3n) is 12.2. The van der Waals surface area contributed by atoms with E-state index in [2.05, 4.69) is 136 Å². The van der Waals surface area contributed by atoms with E-state index >= 15 is 0 Å². The minimum absolute atomic E-state index is 0. The SMILES string of the molecule is C.CC(C)(C)C1C=NCC1C(C)(C)C.CC(C)(C)C1CCCC1C(C)(C)C.CC(C)(C)C1OC(F)(F)OC1C(C)(C)C.CC1(C)OC(C(C)(C)C)C(C(C)(C)C)O1. The number of halogens is 2. The molecule has 8 unspecified atom stereocenters. The van der Waals surface area contributed by atoms with Crippen LogP contribution >= 0.6 is 0 Å². The normalized spacial score (nSPS) is 30.7. The molecule has 3 heterocycles. The summed E-state index contributed by atoms with van der Waals surface area (Å²) in [5.74, 6) is 2.79. The van der Waals surface area contributed by atoms with Gasteiger partial charge in [-0.05, 0) is 87.8 Å². The van der Waals surface area contributed by atoms with Gasteiger partial charge in [0.2, 0.25) is 0 Å². The van der Waals surface area contributed by atoms with Crippen molar-refractivity contribution in [2.24, 2.45) is 72.0 Å². The molecule has 4 aliphatic rings. The van der Waals surface area contributed by atoms with E-state index in [-0.39, 0.29) is 41.3 Å². The lowest BCUT2D eigenvalue weighted by Gasteiger charge is -2.39. The van der Waals surface area contributed by atoms with Gasteiger partial charge in [0.15, 0.2) is 5.79 Å². The zero-order chi connectivity index (χ0) is 44.7. The van der Waals surface area contributed by atoms with Gasteiger partial charge in [-0.25, -0.2) is 0 Å². The number of hydrogen-bond acceptors (Lipinski definition) is 5. The minimum Gasteiger partial charge on any atom is -0.344 e. The van der Waals surface area contributed by atoms with Crippen LogP contribution in [0.3, 0.4) is 0 Å². The predicted octanol–water partition coefficient (Wildman–Crippen LogP) is 15.5. The predicted molar refractivity (Wildman–Crippen MR) is 242 cm³/mol. The molecule has 342 valence electrons. The van der Waals surface area contributed by atoms with E-state index < -0.39 is 24.3 Å². The summed E-state index contributed by atoms with van der Waals surface area (Å²) in [4.78, 5) is 4.45. The highest BCUT2D eigenvalue weighted by Crippen LogP contribution is 2.51. The van der Waals surface area contributed by atoms with Crippen molar-refractivity contribution in [1.82, 2.24) is 0 Å². The van der Waals surface area contributed by atoms with Gasteiger partial charge in [-0.2, -0.15) is 0 Å². The van der Waals surface area contributed by atoms with Crippen molar-refractivity contribution in [3.8, 4) is 0 Å². The van der Waals surface area contributed by atoms with Gasteiger partial charge in [0, 0.05) is 18.7 Å². The number of alkyl halides is 2. The fraction of sp³-hybridized carbons (Fsp3) is 0.980. The molecule has 5 nitrogen and oxygen atoms in total. The fourth-order valence-electron chi connectivity index (χ4n) is 8.91. The van der Waals surface area contributed by atoms with E-state index in [0.29, 0.717) is 33.5 Å². The van der Waals surface area contributed by atoms with E-state index in [1.54, 1.807) is 0 Å². The zero-order valence-electron chi connectivity index (χ0n) is 41.9. The molecule has 7 heteroatoms. The molecule has 1 aliphatic carbocycles. The number of aliphatic imine (C=N–C) groups is 1. The molecule has 3 aliphatic heterocycles. The molecule has 0 bridgehead atoms. The smallest absolute Gasteiger partial charge is 0.344 e. The van der Waals surface area contributed by atoms with Gasteiger partial charge in [-0.1, -0.05) is 180 Å². The summed E-state index contributed by atoms with van der Waals surface area (Å²) in [6, 6.07) is 0. The first-order chi connectivity index (χ1) is 24.3. The topological polar surface area (TPSA) is 49.3 Å². The third-order valence-corrected chi connectivity index (χ3v) is 12.2. The van der Waals surface area contributed by atoms with Gasteiger partial charge < -0.3 is 9.47 Å². The van der Waals surface area contributed by atoms with Crippen molar-refractivity contribution in [2.45, 2.75) is 243 Å². The van der Waals surface area contributed by atoms with Crippen molar-refractivity contribution in [2.75, 3.05) is 6.54 Å². The van der Waals surface area contributed by atoms with E-state index in [4.69, 9.17) is 18.9 Å². The Hall–Kier alpha value is -0.630. The standard InChI is InChI=1S/C13H26O2.C13H26.C12H23N.C11H20F2O2.CH4/c1-11(2,3)9-10(12(4,5)6)15-13(7,8)14-9;1-12(2,3)10-8-7-9-11(10)13(4,5)6;1-11(2,3)9-7-13-8-10(9)12(4,5)6;1-9(2,3)7-8(10(4,5)6)15-11(12,13)14-7;/h9-10H,1-8H3;10-11H,7-9H2,1-6H3;7,9-10H,8H2,1-6H3;7-8H,1-6H3;1H4. The Labute approximate surface area is 354 Å². The second-order valence-corrected chi connectivity index (χ2v) is 26.7.